The van der Waals surface area contributed by atoms with Crippen LogP contribution in [0.1, 0.15) is 0 Å². The van der Waals surface area contributed by atoms with Gasteiger partial charge < -0.3 is 19.7 Å². The van der Waals surface area contributed by atoms with Crippen molar-refractivity contribution < 1.29 is 19.1 Å². The quantitative estimate of drug-likeness (QED) is 0.662. The van der Waals surface area contributed by atoms with Crippen LogP contribution >= 0.6 is 0 Å². The third-order valence-corrected chi connectivity index (χ3v) is 3.74. The number of methoxy groups -OCH3 is 1. The maximum atomic E-state index is 11.6. The molecule has 0 aromatic carbocycles. The lowest BCUT2D eigenvalue weighted by Crippen LogP contribution is -2.73. The van der Waals surface area contributed by atoms with Gasteiger partial charge in [-0.3, -0.25) is 14.5 Å². The van der Waals surface area contributed by atoms with Crippen molar-refractivity contribution in [2.45, 2.75) is 11.6 Å². The number of likely N-dealkylation sites (N-methyl/N-ethyl adjacent to an activating group) is 2. The van der Waals surface area contributed by atoms with E-state index in [1.165, 1.54) is 7.11 Å². The molecule has 2 heterocycles. The molecule has 7 heteroatoms. The van der Waals surface area contributed by atoms with E-state index < -0.39 is 0 Å². The maximum Gasteiger partial charge on any atom is 0.248 e. The van der Waals surface area contributed by atoms with Gasteiger partial charge in [-0.15, -0.1) is 0 Å². The van der Waals surface area contributed by atoms with Gasteiger partial charge >= 0.3 is 0 Å². The number of carbonyl (C=O) groups is 2. The van der Waals surface area contributed by atoms with Crippen LogP contribution in [0.5, 0.6) is 0 Å². The number of morpholine rings is 1. The second-order valence-corrected chi connectivity index (χ2v) is 5.22. The Bertz CT molecular complexity index is 368. The fourth-order valence-corrected chi connectivity index (χ4v) is 2.67. The van der Waals surface area contributed by atoms with E-state index in [4.69, 9.17) is 9.47 Å². The van der Waals surface area contributed by atoms with Gasteiger partial charge in [0.25, 0.3) is 0 Å². The van der Waals surface area contributed by atoms with Crippen molar-refractivity contribution in [3.8, 4) is 0 Å². The van der Waals surface area contributed by atoms with E-state index in [2.05, 4.69) is 5.32 Å². The van der Waals surface area contributed by atoms with Gasteiger partial charge in [0.05, 0.1) is 19.7 Å². The van der Waals surface area contributed by atoms with Crippen LogP contribution in [0, 0.1) is 0 Å². The molecule has 0 saturated carbocycles. The second-order valence-electron chi connectivity index (χ2n) is 5.22. The zero-order valence-corrected chi connectivity index (χ0v) is 11.6. The molecule has 0 unspecified atom stereocenters. The predicted molar refractivity (Wildman–Crippen MR) is 67.6 cm³/mol. The van der Waals surface area contributed by atoms with Gasteiger partial charge in [0.2, 0.25) is 11.8 Å². The van der Waals surface area contributed by atoms with Crippen molar-refractivity contribution in [2.24, 2.45) is 0 Å². The van der Waals surface area contributed by atoms with Crippen molar-refractivity contribution in [1.82, 2.24) is 15.1 Å². The summed E-state index contributed by atoms with van der Waals surface area (Å²) in [6, 6.07) is -0.251. The molecule has 2 fully saturated rings. The fourth-order valence-electron chi connectivity index (χ4n) is 2.67. The Morgan fingerprint density at radius 2 is 2.11 bits per heavy atom. The molecule has 2 aliphatic heterocycles. The molecular weight excluding hydrogens is 250 g/mol. The van der Waals surface area contributed by atoms with Crippen LogP contribution in [0.4, 0.5) is 0 Å². The highest BCUT2D eigenvalue weighted by Gasteiger charge is 2.50. The van der Waals surface area contributed by atoms with E-state index in [0.29, 0.717) is 26.2 Å². The van der Waals surface area contributed by atoms with Gasteiger partial charge in [-0.05, 0) is 7.05 Å². The number of nitrogens with zero attached hydrogens (tertiary/aromatic N) is 2. The average Bonchev–Trinajstić information content (AvgIpc) is 2.35. The van der Waals surface area contributed by atoms with Crippen molar-refractivity contribution in [1.29, 1.82) is 0 Å². The lowest BCUT2D eigenvalue weighted by Gasteiger charge is -2.54. The summed E-state index contributed by atoms with van der Waals surface area (Å²) < 4.78 is 10.7. The first kappa shape index (κ1) is 14.2. The van der Waals surface area contributed by atoms with Gasteiger partial charge in [0.15, 0.2) is 0 Å². The van der Waals surface area contributed by atoms with Crippen LogP contribution < -0.4 is 5.32 Å². The highest BCUT2D eigenvalue weighted by molar-refractivity contribution is 5.82. The van der Waals surface area contributed by atoms with Gasteiger partial charge in [-0.2, -0.15) is 0 Å². The Morgan fingerprint density at radius 1 is 1.42 bits per heavy atom. The summed E-state index contributed by atoms with van der Waals surface area (Å²) >= 11 is 0. The molecule has 2 rings (SSSR count). The van der Waals surface area contributed by atoms with Crippen LogP contribution in [0.2, 0.25) is 0 Å². The number of carbonyl (C=O) groups excluding carboxylic acids is 2. The minimum Gasteiger partial charge on any atom is -0.375 e. The summed E-state index contributed by atoms with van der Waals surface area (Å²) in [6.07, 6.45) is 0. The smallest absolute Gasteiger partial charge is 0.248 e. The number of nitrogens with one attached hydrogen (secondary N) is 1. The van der Waals surface area contributed by atoms with Gasteiger partial charge in [-0.25, -0.2) is 0 Å². The largest absolute Gasteiger partial charge is 0.375 e. The van der Waals surface area contributed by atoms with Crippen LogP contribution in [-0.4, -0.2) is 87.3 Å². The van der Waals surface area contributed by atoms with E-state index in [1.807, 2.05) is 11.9 Å². The van der Waals surface area contributed by atoms with E-state index in [1.54, 1.807) is 11.9 Å². The summed E-state index contributed by atoms with van der Waals surface area (Å²) in [5.41, 5.74) is -0.317. The van der Waals surface area contributed by atoms with E-state index in [9.17, 15) is 9.59 Å². The minimum atomic E-state index is -0.317. The molecule has 2 aliphatic rings. The van der Waals surface area contributed by atoms with Crippen molar-refractivity contribution in [2.75, 3.05) is 54.1 Å². The minimum absolute atomic E-state index is 0.0206. The molecule has 1 N–H and O–H groups in total. The Balaban J connectivity index is 1.87. The fraction of sp³-hybridized carbons (Fsp3) is 0.833. The first-order valence-corrected chi connectivity index (χ1v) is 6.34. The molecule has 7 nitrogen and oxygen atoms in total. The zero-order chi connectivity index (χ0) is 14.0. The Labute approximate surface area is 112 Å². The Morgan fingerprint density at radius 3 is 2.63 bits per heavy atom. The summed E-state index contributed by atoms with van der Waals surface area (Å²) in [7, 11) is 5.03. The van der Waals surface area contributed by atoms with Crippen LogP contribution in [0.25, 0.3) is 0 Å². The Hall–Kier alpha value is -1.18. The molecule has 2 saturated heterocycles. The summed E-state index contributed by atoms with van der Waals surface area (Å²) in [5.74, 6) is -0.0585. The first-order valence-electron chi connectivity index (χ1n) is 6.34. The van der Waals surface area contributed by atoms with Crippen molar-refractivity contribution >= 4 is 11.8 Å². The third-order valence-electron chi connectivity index (χ3n) is 3.74. The normalized spacial score (nSPS) is 26.1. The Kier molecular flexibility index (Phi) is 4.07. The number of likely N-dealkylation sites (tertiary alicyclic amines) is 1. The van der Waals surface area contributed by atoms with E-state index in [0.717, 1.165) is 0 Å². The molecule has 0 aromatic rings. The number of hydrogen-bond donors (Lipinski definition) is 1. The maximum absolute atomic E-state index is 11.6. The lowest BCUT2D eigenvalue weighted by molar-refractivity contribution is -0.202. The molecule has 1 spiro atoms. The molecule has 0 radical (unpaired) electrons. The van der Waals surface area contributed by atoms with Crippen molar-refractivity contribution in [3.63, 3.8) is 0 Å². The molecule has 2 amide bonds. The summed E-state index contributed by atoms with van der Waals surface area (Å²) in [5, 5.41) is 2.63. The number of hydrogen-bond acceptors (Lipinski definition) is 5. The molecule has 1 atom stereocenters. The molecule has 19 heavy (non-hydrogen) atoms. The average molecular weight is 271 g/mol. The van der Waals surface area contributed by atoms with Crippen LogP contribution in [-0.2, 0) is 19.1 Å². The SMILES string of the molecule is CNC(=O)[C@H]1COC2(CN(C(=O)COC)C2)CN1C. The van der Waals surface area contributed by atoms with E-state index in [-0.39, 0.29) is 30.1 Å². The molecule has 0 aromatic heterocycles. The van der Waals surface area contributed by atoms with E-state index >= 15 is 0 Å². The van der Waals surface area contributed by atoms with Gasteiger partial charge in [0.1, 0.15) is 18.2 Å². The third kappa shape index (κ3) is 2.72. The zero-order valence-electron chi connectivity index (χ0n) is 11.6. The monoisotopic (exact) mass is 271 g/mol. The van der Waals surface area contributed by atoms with Gasteiger partial charge in [-0.1, -0.05) is 0 Å². The second kappa shape index (κ2) is 5.44. The summed E-state index contributed by atoms with van der Waals surface area (Å²) in [4.78, 5) is 27.0. The van der Waals surface area contributed by atoms with Crippen LogP contribution in [0.3, 0.4) is 0 Å². The first-order chi connectivity index (χ1) is 9.01. The lowest BCUT2D eigenvalue weighted by atomic mass is 9.90. The molecule has 0 bridgehead atoms. The molecule has 108 valence electrons. The predicted octanol–water partition coefficient (Wildman–Crippen LogP) is -1.71. The van der Waals surface area contributed by atoms with Crippen molar-refractivity contribution in [3.05, 3.63) is 0 Å². The molecular formula is C12H21N3O4. The van der Waals surface area contributed by atoms with Crippen LogP contribution in [0.15, 0.2) is 0 Å². The standard InChI is InChI=1S/C12H21N3O4/c1-13-11(17)9-4-19-12(6-14(9)2)7-15(8-12)10(16)5-18-3/h9H,4-8H2,1-3H3,(H,13,17)/t9-/m1/s1. The number of ether oxygens (including phenoxy) is 2. The highest BCUT2D eigenvalue weighted by Crippen LogP contribution is 2.30. The number of rotatable bonds is 3. The molecule has 0 aliphatic carbocycles. The summed E-state index contributed by atoms with van der Waals surface area (Å²) in [6.45, 7) is 2.26. The number of amides is 2. The topological polar surface area (TPSA) is 71.1 Å². The highest BCUT2D eigenvalue weighted by atomic mass is 16.5. The van der Waals surface area contributed by atoms with Gasteiger partial charge in [0, 0.05) is 20.7 Å².